The molecule has 0 spiro atoms. The molecule has 1 fully saturated rings. The molecular weight excluding hydrogens is 400 g/mol. The Morgan fingerprint density at radius 1 is 1.18 bits per heavy atom. The van der Waals surface area contributed by atoms with Crippen LogP contribution in [0.1, 0.15) is 34.6 Å². The zero-order valence-electron chi connectivity index (χ0n) is 16.5. The normalized spacial score (nSPS) is 16.0. The molecule has 1 aliphatic rings. The lowest BCUT2D eigenvalue weighted by atomic mass is 10.0. The molecule has 1 aliphatic heterocycles. The third-order valence-electron chi connectivity index (χ3n) is 5.35. The SMILES string of the molecule is Cc1nn(-c2ccc(C(=O)N3CCC(N(C)S(C)(=O)=O)CC3)cc2)c(C)c1Cl. The molecule has 28 heavy (non-hydrogen) atoms. The van der Waals surface area contributed by atoms with Gasteiger partial charge in [0.05, 0.1) is 28.4 Å². The van der Waals surface area contributed by atoms with E-state index in [-0.39, 0.29) is 11.9 Å². The molecule has 0 N–H and O–H groups in total. The van der Waals surface area contributed by atoms with Crippen molar-refractivity contribution in [2.24, 2.45) is 0 Å². The maximum atomic E-state index is 12.8. The molecule has 3 rings (SSSR count). The molecule has 2 heterocycles. The predicted octanol–water partition coefficient (Wildman–Crippen LogP) is 2.64. The van der Waals surface area contributed by atoms with Crippen molar-refractivity contribution in [2.75, 3.05) is 26.4 Å². The number of benzene rings is 1. The van der Waals surface area contributed by atoms with E-state index in [0.717, 1.165) is 17.1 Å². The number of piperidine rings is 1. The maximum absolute atomic E-state index is 12.8. The van der Waals surface area contributed by atoms with Crippen LogP contribution in [-0.2, 0) is 10.0 Å². The third-order valence-corrected chi connectivity index (χ3v) is 7.24. The minimum atomic E-state index is -3.22. The van der Waals surface area contributed by atoms with Gasteiger partial charge in [-0.25, -0.2) is 17.4 Å². The van der Waals surface area contributed by atoms with Crippen LogP contribution in [0.3, 0.4) is 0 Å². The largest absolute Gasteiger partial charge is 0.339 e. The summed E-state index contributed by atoms with van der Waals surface area (Å²) in [5.41, 5.74) is 3.07. The summed E-state index contributed by atoms with van der Waals surface area (Å²) in [5.74, 6) is -0.0431. The number of carbonyl (C=O) groups excluding carboxylic acids is 1. The van der Waals surface area contributed by atoms with Gasteiger partial charge in [-0.2, -0.15) is 5.10 Å². The Hall–Kier alpha value is -1.90. The van der Waals surface area contributed by atoms with Gasteiger partial charge in [-0.3, -0.25) is 4.79 Å². The van der Waals surface area contributed by atoms with Gasteiger partial charge < -0.3 is 4.90 Å². The monoisotopic (exact) mass is 424 g/mol. The highest BCUT2D eigenvalue weighted by Gasteiger charge is 2.29. The van der Waals surface area contributed by atoms with Crippen LogP contribution in [0, 0.1) is 13.8 Å². The van der Waals surface area contributed by atoms with Crippen LogP contribution in [0.5, 0.6) is 0 Å². The molecule has 2 aromatic rings. The number of aromatic nitrogens is 2. The highest BCUT2D eigenvalue weighted by molar-refractivity contribution is 7.88. The Labute approximate surface area is 170 Å². The molecule has 0 unspecified atom stereocenters. The second-order valence-electron chi connectivity index (χ2n) is 7.25. The lowest BCUT2D eigenvalue weighted by Gasteiger charge is -2.35. The maximum Gasteiger partial charge on any atom is 0.253 e. The van der Waals surface area contributed by atoms with Crippen LogP contribution in [0.4, 0.5) is 0 Å². The molecule has 0 aliphatic carbocycles. The predicted molar refractivity (Wildman–Crippen MR) is 110 cm³/mol. The van der Waals surface area contributed by atoms with Gasteiger partial charge in [0, 0.05) is 31.7 Å². The van der Waals surface area contributed by atoms with Crippen LogP contribution in [-0.4, -0.2) is 65.7 Å². The molecule has 152 valence electrons. The zero-order chi connectivity index (χ0) is 20.6. The van der Waals surface area contributed by atoms with Gasteiger partial charge >= 0.3 is 0 Å². The van der Waals surface area contributed by atoms with Crippen molar-refractivity contribution in [3.63, 3.8) is 0 Å². The van der Waals surface area contributed by atoms with Crippen LogP contribution in [0.2, 0.25) is 5.02 Å². The Kier molecular flexibility index (Phi) is 5.84. The van der Waals surface area contributed by atoms with Gasteiger partial charge in [0.1, 0.15) is 0 Å². The first-order valence-corrected chi connectivity index (χ1v) is 11.4. The molecule has 0 saturated carbocycles. The Morgan fingerprint density at radius 3 is 2.21 bits per heavy atom. The number of hydrogen-bond acceptors (Lipinski definition) is 4. The lowest BCUT2D eigenvalue weighted by molar-refractivity contribution is 0.0686. The zero-order valence-corrected chi connectivity index (χ0v) is 18.1. The van der Waals surface area contributed by atoms with Crippen LogP contribution >= 0.6 is 11.6 Å². The lowest BCUT2D eigenvalue weighted by Crippen LogP contribution is -2.47. The van der Waals surface area contributed by atoms with Crippen molar-refractivity contribution in [3.05, 3.63) is 46.2 Å². The summed E-state index contributed by atoms with van der Waals surface area (Å²) < 4.78 is 26.6. The molecule has 1 amide bonds. The van der Waals surface area contributed by atoms with Crippen LogP contribution in [0.15, 0.2) is 24.3 Å². The van der Waals surface area contributed by atoms with E-state index in [1.165, 1.54) is 10.6 Å². The number of sulfonamides is 1. The van der Waals surface area contributed by atoms with Crippen molar-refractivity contribution >= 4 is 27.5 Å². The summed E-state index contributed by atoms with van der Waals surface area (Å²) in [5, 5.41) is 5.07. The molecule has 1 aromatic carbocycles. The Balaban J connectivity index is 1.68. The fourth-order valence-electron chi connectivity index (χ4n) is 3.51. The molecule has 9 heteroatoms. The summed E-state index contributed by atoms with van der Waals surface area (Å²) in [4.78, 5) is 14.6. The van der Waals surface area contributed by atoms with Gasteiger partial charge in [-0.15, -0.1) is 0 Å². The molecule has 1 saturated heterocycles. The van der Waals surface area contributed by atoms with Crippen molar-refractivity contribution in [1.82, 2.24) is 19.0 Å². The average Bonchev–Trinajstić information content (AvgIpc) is 2.94. The number of amides is 1. The third kappa shape index (κ3) is 4.09. The Morgan fingerprint density at radius 2 is 1.75 bits per heavy atom. The number of halogens is 1. The molecule has 0 bridgehead atoms. The van der Waals surface area contributed by atoms with E-state index >= 15 is 0 Å². The summed E-state index contributed by atoms with van der Waals surface area (Å²) >= 11 is 6.21. The van der Waals surface area contributed by atoms with Crippen LogP contribution < -0.4 is 0 Å². The van der Waals surface area contributed by atoms with Gasteiger partial charge in [0.25, 0.3) is 5.91 Å². The summed E-state index contributed by atoms with van der Waals surface area (Å²) in [7, 11) is -1.62. The summed E-state index contributed by atoms with van der Waals surface area (Å²) in [6, 6.07) is 7.23. The average molecular weight is 425 g/mol. The van der Waals surface area contributed by atoms with Gasteiger partial charge in [0.15, 0.2) is 0 Å². The molecule has 1 aromatic heterocycles. The number of hydrogen-bond donors (Lipinski definition) is 0. The highest BCUT2D eigenvalue weighted by atomic mass is 35.5. The van der Waals surface area contributed by atoms with E-state index in [0.29, 0.717) is 36.5 Å². The number of carbonyl (C=O) groups is 1. The number of rotatable bonds is 4. The first kappa shape index (κ1) is 20.8. The molecule has 0 atom stereocenters. The van der Waals surface area contributed by atoms with Crippen molar-refractivity contribution < 1.29 is 13.2 Å². The molecule has 0 radical (unpaired) electrons. The topological polar surface area (TPSA) is 75.5 Å². The van der Waals surface area contributed by atoms with Crippen molar-refractivity contribution in [1.29, 1.82) is 0 Å². The van der Waals surface area contributed by atoms with Gasteiger partial charge in [-0.1, -0.05) is 11.6 Å². The van der Waals surface area contributed by atoms with Crippen molar-refractivity contribution in [3.8, 4) is 5.69 Å². The van der Waals surface area contributed by atoms with E-state index < -0.39 is 10.0 Å². The number of aryl methyl sites for hydroxylation is 1. The summed E-state index contributed by atoms with van der Waals surface area (Å²) in [6.07, 6.45) is 2.48. The number of nitrogens with zero attached hydrogens (tertiary/aromatic N) is 4. The second kappa shape index (κ2) is 7.85. The van der Waals surface area contributed by atoms with E-state index in [1.54, 1.807) is 28.8 Å². The Bertz CT molecular complexity index is 977. The quantitative estimate of drug-likeness (QED) is 0.756. The standard InChI is InChI=1S/C19H25ClN4O3S/c1-13-18(20)14(2)24(21-13)17-7-5-15(6-8-17)19(25)23-11-9-16(10-12-23)22(3)28(4,26)27/h5-8,16H,9-12H2,1-4H3. The van der Waals surface area contributed by atoms with E-state index in [9.17, 15) is 13.2 Å². The van der Waals surface area contributed by atoms with E-state index in [4.69, 9.17) is 11.6 Å². The van der Waals surface area contributed by atoms with Crippen LogP contribution in [0.25, 0.3) is 5.69 Å². The number of likely N-dealkylation sites (tertiary alicyclic amines) is 1. The van der Waals surface area contributed by atoms with Gasteiger partial charge in [0.2, 0.25) is 10.0 Å². The smallest absolute Gasteiger partial charge is 0.253 e. The minimum Gasteiger partial charge on any atom is -0.339 e. The first-order valence-electron chi connectivity index (χ1n) is 9.14. The van der Waals surface area contributed by atoms with Crippen molar-refractivity contribution in [2.45, 2.75) is 32.7 Å². The fraction of sp³-hybridized carbons (Fsp3) is 0.474. The minimum absolute atomic E-state index is 0.0431. The molecule has 7 nitrogen and oxygen atoms in total. The first-order chi connectivity index (χ1) is 13.1. The van der Waals surface area contributed by atoms with E-state index in [1.807, 2.05) is 26.0 Å². The van der Waals surface area contributed by atoms with Gasteiger partial charge in [-0.05, 0) is 51.0 Å². The molecular formula is C19H25ClN4O3S. The second-order valence-corrected chi connectivity index (χ2v) is 9.67. The highest BCUT2D eigenvalue weighted by Crippen LogP contribution is 2.23. The van der Waals surface area contributed by atoms with E-state index in [2.05, 4.69) is 5.10 Å². The summed E-state index contributed by atoms with van der Waals surface area (Å²) in [6.45, 7) is 4.84. The fourth-order valence-corrected chi connectivity index (χ4v) is 4.38.